The van der Waals surface area contributed by atoms with Gasteiger partial charge in [0.05, 0.1) is 5.92 Å². The molecule has 0 aliphatic carbocycles. The third-order valence-corrected chi connectivity index (χ3v) is 3.60. The van der Waals surface area contributed by atoms with Gasteiger partial charge in [0, 0.05) is 32.2 Å². The highest BCUT2D eigenvalue weighted by Crippen LogP contribution is 2.14. The van der Waals surface area contributed by atoms with Gasteiger partial charge in [-0.25, -0.2) is 4.79 Å². The molecule has 0 bridgehead atoms. The van der Waals surface area contributed by atoms with E-state index in [9.17, 15) is 9.59 Å². The summed E-state index contributed by atoms with van der Waals surface area (Å²) in [5.41, 5.74) is 0. The highest BCUT2D eigenvalue weighted by molar-refractivity contribution is 5.79. The van der Waals surface area contributed by atoms with Crippen LogP contribution in [0.3, 0.4) is 0 Å². The van der Waals surface area contributed by atoms with Gasteiger partial charge in [-0.3, -0.25) is 4.79 Å². The number of carbonyl (C=O) groups is 2. The SMILES string of the molecule is CCC(C)N(C)CCNC(=O)N1CC(C(=O)O)C1. The first kappa shape index (κ1) is 14.8. The highest BCUT2D eigenvalue weighted by Gasteiger charge is 2.35. The average molecular weight is 257 g/mol. The number of nitrogens with one attached hydrogen (secondary N) is 1. The van der Waals surface area contributed by atoms with E-state index in [-0.39, 0.29) is 6.03 Å². The number of carboxylic acids is 1. The van der Waals surface area contributed by atoms with Crippen LogP contribution in [0, 0.1) is 5.92 Å². The fourth-order valence-corrected chi connectivity index (χ4v) is 1.78. The Balaban J connectivity index is 2.14. The number of hydrogen-bond acceptors (Lipinski definition) is 3. The van der Waals surface area contributed by atoms with Crippen LogP contribution in [0.4, 0.5) is 4.79 Å². The molecule has 1 unspecified atom stereocenters. The molecule has 1 atom stereocenters. The first-order valence-electron chi connectivity index (χ1n) is 6.41. The van der Waals surface area contributed by atoms with Crippen molar-refractivity contribution >= 4 is 12.0 Å². The Morgan fingerprint density at radius 2 is 2.11 bits per heavy atom. The molecule has 18 heavy (non-hydrogen) atoms. The Kier molecular flexibility index (Phi) is 5.40. The summed E-state index contributed by atoms with van der Waals surface area (Å²) < 4.78 is 0. The van der Waals surface area contributed by atoms with Gasteiger partial charge in [-0.15, -0.1) is 0 Å². The number of likely N-dealkylation sites (tertiary alicyclic amines) is 1. The summed E-state index contributed by atoms with van der Waals surface area (Å²) >= 11 is 0. The number of urea groups is 1. The third kappa shape index (κ3) is 3.87. The van der Waals surface area contributed by atoms with E-state index in [1.807, 2.05) is 7.05 Å². The quantitative estimate of drug-likeness (QED) is 0.724. The second kappa shape index (κ2) is 6.58. The van der Waals surface area contributed by atoms with Crippen molar-refractivity contribution in [2.45, 2.75) is 26.3 Å². The van der Waals surface area contributed by atoms with Crippen LogP contribution >= 0.6 is 0 Å². The van der Waals surface area contributed by atoms with E-state index >= 15 is 0 Å². The van der Waals surface area contributed by atoms with Crippen LogP contribution in [0.15, 0.2) is 0 Å². The van der Waals surface area contributed by atoms with Gasteiger partial charge in [0.2, 0.25) is 0 Å². The number of aliphatic carboxylic acids is 1. The van der Waals surface area contributed by atoms with Gasteiger partial charge in [0.1, 0.15) is 0 Å². The molecule has 6 nitrogen and oxygen atoms in total. The second-order valence-electron chi connectivity index (χ2n) is 4.91. The van der Waals surface area contributed by atoms with Crippen LogP contribution < -0.4 is 5.32 Å². The molecule has 1 rings (SSSR count). The van der Waals surface area contributed by atoms with Crippen molar-refractivity contribution in [3.8, 4) is 0 Å². The number of hydrogen-bond donors (Lipinski definition) is 2. The zero-order chi connectivity index (χ0) is 13.7. The van der Waals surface area contributed by atoms with Crippen molar-refractivity contribution in [2.75, 3.05) is 33.2 Å². The van der Waals surface area contributed by atoms with Gasteiger partial charge in [0.25, 0.3) is 0 Å². The van der Waals surface area contributed by atoms with Gasteiger partial charge < -0.3 is 20.2 Å². The first-order chi connectivity index (χ1) is 8.45. The Bertz CT molecular complexity index is 303. The molecule has 0 aromatic heterocycles. The normalized spacial score (nSPS) is 17.4. The molecule has 6 heteroatoms. The van der Waals surface area contributed by atoms with Crippen LogP contribution in [0.1, 0.15) is 20.3 Å². The van der Waals surface area contributed by atoms with Crippen LogP contribution in [0.5, 0.6) is 0 Å². The fourth-order valence-electron chi connectivity index (χ4n) is 1.78. The molecule has 2 N–H and O–H groups in total. The minimum atomic E-state index is -0.824. The van der Waals surface area contributed by atoms with E-state index in [1.165, 1.54) is 4.90 Å². The Labute approximate surface area is 108 Å². The molecule has 104 valence electrons. The van der Waals surface area contributed by atoms with E-state index < -0.39 is 11.9 Å². The fraction of sp³-hybridized carbons (Fsp3) is 0.833. The van der Waals surface area contributed by atoms with E-state index in [0.29, 0.717) is 25.7 Å². The van der Waals surface area contributed by atoms with Gasteiger partial charge in [0.15, 0.2) is 0 Å². The van der Waals surface area contributed by atoms with Crippen molar-refractivity contribution < 1.29 is 14.7 Å². The molecular weight excluding hydrogens is 234 g/mol. The lowest BCUT2D eigenvalue weighted by Gasteiger charge is -2.36. The summed E-state index contributed by atoms with van der Waals surface area (Å²) in [6.45, 7) is 6.32. The molecule has 0 aromatic rings. The molecule has 1 saturated heterocycles. The Hall–Kier alpha value is -1.30. The topological polar surface area (TPSA) is 72.9 Å². The number of rotatable bonds is 6. The minimum Gasteiger partial charge on any atom is -0.481 e. The molecule has 1 aliphatic heterocycles. The van der Waals surface area contributed by atoms with Crippen molar-refractivity contribution in [1.82, 2.24) is 15.1 Å². The molecule has 0 saturated carbocycles. The van der Waals surface area contributed by atoms with E-state index in [4.69, 9.17) is 5.11 Å². The predicted molar refractivity (Wildman–Crippen MR) is 68.5 cm³/mol. The number of carbonyl (C=O) groups excluding carboxylic acids is 1. The lowest BCUT2D eigenvalue weighted by Crippen LogP contribution is -2.56. The summed E-state index contributed by atoms with van der Waals surface area (Å²) in [6.07, 6.45) is 1.08. The summed E-state index contributed by atoms with van der Waals surface area (Å²) in [5.74, 6) is -1.21. The smallest absolute Gasteiger partial charge is 0.317 e. The van der Waals surface area contributed by atoms with Crippen molar-refractivity contribution in [2.24, 2.45) is 5.92 Å². The highest BCUT2D eigenvalue weighted by atomic mass is 16.4. The molecule has 1 aliphatic rings. The number of likely N-dealkylation sites (N-methyl/N-ethyl adjacent to an activating group) is 1. The maximum absolute atomic E-state index is 11.6. The van der Waals surface area contributed by atoms with Crippen LogP contribution in [-0.2, 0) is 4.79 Å². The molecule has 0 radical (unpaired) electrons. The number of amides is 2. The van der Waals surface area contributed by atoms with Crippen LogP contribution in [-0.4, -0.2) is 66.2 Å². The maximum atomic E-state index is 11.6. The van der Waals surface area contributed by atoms with E-state index in [0.717, 1.165) is 13.0 Å². The number of nitrogens with zero attached hydrogens (tertiary/aromatic N) is 2. The van der Waals surface area contributed by atoms with E-state index in [2.05, 4.69) is 24.1 Å². The molecule has 0 spiro atoms. The zero-order valence-corrected chi connectivity index (χ0v) is 11.3. The van der Waals surface area contributed by atoms with Crippen molar-refractivity contribution in [3.05, 3.63) is 0 Å². The monoisotopic (exact) mass is 257 g/mol. The molecule has 2 amide bonds. The summed E-state index contributed by atoms with van der Waals surface area (Å²) in [6, 6.07) is 0.340. The van der Waals surface area contributed by atoms with E-state index in [1.54, 1.807) is 0 Å². The predicted octanol–water partition coefficient (Wildman–Crippen LogP) is 0.443. The minimum absolute atomic E-state index is 0.162. The van der Waals surface area contributed by atoms with Gasteiger partial charge in [-0.05, 0) is 20.4 Å². The Morgan fingerprint density at radius 1 is 1.50 bits per heavy atom. The van der Waals surface area contributed by atoms with Gasteiger partial charge >= 0.3 is 12.0 Å². The van der Waals surface area contributed by atoms with Crippen LogP contribution in [0.2, 0.25) is 0 Å². The number of carboxylic acid groups (broad SMARTS) is 1. The largest absolute Gasteiger partial charge is 0.481 e. The molecular formula is C12H23N3O3. The summed E-state index contributed by atoms with van der Waals surface area (Å²) in [4.78, 5) is 25.9. The first-order valence-corrected chi connectivity index (χ1v) is 6.41. The lowest BCUT2D eigenvalue weighted by molar-refractivity contribution is -0.146. The lowest BCUT2D eigenvalue weighted by atomic mass is 10.0. The summed E-state index contributed by atoms with van der Waals surface area (Å²) in [5, 5.41) is 11.5. The second-order valence-corrected chi connectivity index (χ2v) is 4.91. The van der Waals surface area contributed by atoms with Crippen molar-refractivity contribution in [3.63, 3.8) is 0 Å². The Morgan fingerprint density at radius 3 is 2.61 bits per heavy atom. The van der Waals surface area contributed by atoms with Crippen molar-refractivity contribution in [1.29, 1.82) is 0 Å². The van der Waals surface area contributed by atoms with Crippen LogP contribution in [0.25, 0.3) is 0 Å². The third-order valence-electron chi connectivity index (χ3n) is 3.60. The molecule has 0 aromatic carbocycles. The maximum Gasteiger partial charge on any atom is 0.317 e. The summed E-state index contributed by atoms with van der Waals surface area (Å²) in [7, 11) is 2.03. The van der Waals surface area contributed by atoms with Gasteiger partial charge in [-0.1, -0.05) is 6.92 Å². The average Bonchev–Trinajstić information content (AvgIpc) is 2.25. The standard InChI is InChI=1S/C12H23N3O3/c1-4-9(2)14(3)6-5-13-12(18)15-7-10(8-15)11(16)17/h9-10H,4-8H2,1-3H3,(H,13,18)(H,16,17). The molecule has 1 fully saturated rings. The molecule has 1 heterocycles. The zero-order valence-electron chi connectivity index (χ0n) is 11.3. The van der Waals surface area contributed by atoms with Gasteiger partial charge in [-0.2, -0.15) is 0 Å².